The molecule has 0 aliphatic carbocycles. The molecule has 2 aliphatic rings. The summed E-state index contributed by atoms with van der Waals surface area (Å²) in [6.45, 7) is 22.6. The number of thiophene rings is 2. The van der Waals surface area contributed by atoms with E-state index in [1.807, 2.05) is 46.9 Å². The van der Waals surface area contributed by atoms with E-state index in [-0.39, 0.29) is 127 Å². The second-order valence-corrected chi connectivity index (χ2v) is 68.6. The van der Waals surface area contributed by atoms with E-state index < -0.39 is 11.9 Å². The molecular formula is C55H67Cl2F2I6K2N2O2S3V2-. The molecule has 2 fully saturated rings. The summed E-state index contributed by atoms with van der Waals surface area (Å²) in [5.41, 5.74) is 6.51. The van der Waals surface area contributed by atoms with Gasteiger partial charge in [-0.25, -0.2) is 9.97 Å². The molecule has 0 N–H and O–H groups in total. The second-order valence-electron chi connectivity index (χ2n) is 18.3. The minimum absolute atomic E-state index is 0. The van der Waals surface area contributed by atoms with Gasteiger partial charge in [0.05, 0.1) is 24.4 Å². The van der Waals surface area contributed by atoms with Crippen molar-refractivity contribution in [3.05, 3.63) is 156 Å². The SMILES string of the molecule is CC[C@H]1OC(C)[C@H](C)[C@@H](C)[C@@H]1C.CC[C@H]1O[C@@H](c2ccc(Cl)c(Cc3ccc(-c4ccc(F)nc4)s3)c2)[C@H](C)[C@@H](C)[C@@H]1C.Cc1ccc(Cl)c(Cc2ccc(-c3ccc(F)nc3)s2)c1.[CH2-]I.[I][V]([I])[I].[I][V][I].[K+].[K].[SH-]. The van der Waals surface area contributed by atoms with Gasteiger partial charge < -0.3 is 45.6 Å². The van der Waals surface area contributed by atoms with Crippen LogP contribution in [0.15, 0.2) is 97.3 Å². The summed E-state index contributed by atoms with van der Waals surface area (Å²) in [6.07, 6.45) is 8.21. The molecule has 4 nitrogen and oxygen atoms in total. The smallest absolute Gasteiger partial charge is 0.813 e. The third-order valence-electron chi connectivity index (χ3n) is 13.9. The first kappa shape index (κ1) is 81.7. The zero-order chi connectivity index (χ0) is 54.5. The topological polar surface area (TPSA) is 44.2 Å². The summed E-state index contributed by atoms with van der Waals surface area (Å²) in [7, 11) is 0.628. The predicted octanol–water partition coefficient (Wildman–Crippen LogP) is 18.5. The fourth-order valence-electron chi connectivity index (χ4n) is 9.04. The van der Waals surface area contributed by atoms with Crippen LogP contribution in [0.5, 0.6) is 0 Å². The number of thiol groups is 1. The maximum atomic E-state index is 13.1. The van der Waals surface area contributed by atoms with Crippen LogP contribution in [0.25, 0.3) is 20.9 Å². The maximum absolute atomic E-state index is 13.1. The molecule has 0 amide bonds. The van der Waals surface area contributed by atoms with E-state index in [1.165, 1.54) is 33.0 Å². The van der Waals surface area contributed by atoms with Crippen LogP contribution < -0.4 is 51.4 Å². The molecule has 410 valence electrons. The fourth-order valence-corrected chi connectivity index (χ4v) is 11.4. The molecule has 0 saturated carbocycles. The van der Waals surface area contributed by atoms with Crippen LogP contribution in [0.2, 0.25) is 10.0 Å². The van der Waals surface area contributed by atoms with Crippen molar-refractivity contribution in [3.63, 3.8) is 0 Å². The third kappa shape index (κ3) is 27.6. The van der Waals surface area contributed by atoms with Gasteiger partial charge in [-0.1, -0.05) is 108 Å². The van der Waals surface area contributed by atoms with Gasteiger partial charge in [-0.3, -0.25) is 4.93 Å². The van der Waals surface area contributed by atoms with E-state index in [1.54, 1.807) is 47.2 Å². The summed E-state index contributed by atoms with van der Waals surface area (Å²) >= 11 is 30.2. The van der Waals surface area contributed by atoms with E-state index in [2.05, 4.69) is 220 Å². The molecule has 2 aliphatic heterocycles. The van der Waals surface area contributed by atoms with Gasteiger partial charge in [-0.05, 0) is 140 Å². The Hall–Kier alpha value is 5.67. The van der Waals surface area contributed by atoms with Crippen molar-refractivity contribution in [1.29, 1.82) is 0 Å². The monoisotopic (exact) mass is 1930 g/mol. The number of benzene rings is 2. The Morgan fingerprint density at radius 2 is 1.03 bits per heavy atom. The van der Waals surface area contributed by atoms with E-state index in [0.717, 1.165) is 79.6 Å². The van der Waals surface area contributed by atoms with Crippen molar-refractivity contribution >= 4 is 233 Å². The Bertz CT molecular complexity index is 2520. The van der Waals surface area contributed by atoms with Crippen LogP contribution in [-0.4, -0.2) is 79.7 Å². The van der Waals surface area contributed by atoms with E-state index in [0.29, 0.717) is 51.4 Å². The van der Waals surface area contributed by atoms with Crippen LogP contribution in [0.4, 0.5) is 8.78 Å². The molecule has 0 bridgehead atoms. The molecule has 0 spiro atoms. The summed E-state index contributed by atoms with van der Waals surface area (Å²) in [4.78, 5) is 15.0. The maximum Gasteiger partial charge on any atom is 1.00 e. The quantitative estimate of drug-likeness (QED) is 0.0360. The Balaban J connectivity index is 0.00000108. The average molecular weight is 1930 g/mol. The van der Waals surface area contributed by atoms with Gasteiger partial charge in [-0.2, -0.15) is 8.78 Å². The van der Waals surface area contributed by atoms with Crippen LogP contribution in [0, 0.1) is 59.3 Å². The van der Waals surface area contributed by atoms with Crippen LogP contribution >= 0.6 is 168 Å². The fraction of sp³-hybridized carbons (Fsp3) is 0.436. The summed E-state index contributed by atoms with van der Waals surface area (Å²) in [6, 6.07) is 27.0. The molecule has 4 aromatic heterocycles. The summed E-state index contributed by atoms with van der Waals surface area (Å²) < 4.78 is 38.5. The molecular weight excluding hydrogens is 1870 g/mol. The Morgan fingerprint density at radius 3 is 1.45 bits per heavy atom. The van der Waals surface area contributed by atoms with Gasteiger partial charge in [-0.15, -0.1) is 22.7 Å². The van der Waals surface area contributed by atoms with Crippen molar-refractivity contribution in [3.8, 4) is 20.9 Å². The van der Waals surface area contributed by atoms with Gasteiger partial charge in [0.1, 0.15) is 0 Å². The summed E-state index contributed by atoms with van der Waals surface area (Å²) in [5.74, 6) is 2.94. The van der Waals surface area contributed by atoms with E-state index in [4.69, 9.17) is 32.7 Å². The molecule has 6 aromatic rings. The first-order valence-electron chi connectivity index (χ1n) is 23.9. The largest absolute Gasteiger partial charge is 1.00 e. The number of pyridine rings is 2. The van der Waals surface area contributed by atoms with Crippen molar-refractivity contribution < 1.29 is 84.0 Å². The third-order valence-corrected chi connectivity index (χ3v) is 16.9. The number of halogens is 10. The molecule has 8 rings (SSSR count). The van der Waals surface area contributed by atoms with Gasteiger partial charge in [0, 0.05) is 117 Å². The molecule has 76 heavy (non-hydrogen) atoms. The van der Waals surface area contributed by atoms with Crippen molar-refractivity contribution in [1.82, 2.24) is 9.97 Å². The van der Waals surface area contributed by atoms with Gasteiger partial charge in [0.15, 0.2) is 0 Å². The molecule has 2 aromatic carbocycles. The molecule has 10 atom stereocenters. The van der Waals surface area contributed by atoms with Crippen molar-refractivity contribution in [2.45, 2.75) is 119 Å². The molecule has 1 unspecified atom stereocenters. The zero-order valence-corrected chi connectivity index (χ0v) is 71.2. The Morgan fingerprint density at radius 1 is 0.618 bits per heavy atom. The Kier molecular flexibility index (Phi) is 47.5. The molecule has 1 radical (unpaired) electrons. The second kappa shape index (κ2) is 44.2. The standard InChI is InChI=1S/C26H29ClFNOS.C17H13ClFNS.C11H22O.CH2I.5HI.2K.H2S.2V/c1-5-23-16(3)15(2)17(4)26(30-23)18-6-9-22(27)20(12-18)13-21-8-10-24(31-21)19-7-11-25(28)29-14-19;1-11-2-5-15(18)13(8-11)9-14-4-6-16(21-14)12-3-7-17(19)20-10-12;1-6-11-9(4)7(2)8(3)10(5)12-11;1-2;;;;;;;;;;/h6-12,14-17,23,26H,5,13H2,1-4H3;2-8,10H,9H2,1H3;7-11H,6H2,1-5H3;1H2;5*1H;;;1H2;;/q;;;-1;;;;;;;+1;;+2;+3/p-6/t15-,16-,17+,23+,26+;;7-,8-,9+,10?,11-;;;;;;;;;;;/m0.1.........../s1. The van der Waals surface area contributed by atoms with Crippen LogP contribution in [0.1, 0.15) is 113 Å². The van der Waals surface area contributed by atoms with Gasteiger partial charge in [0.25, 0.3) is 0 Å². The van der Waals surface area contributed by atoms with Gasteiger partial charge >= 0.3 is 166 Å². The minimum atomic E-state index is -0.461. The van der Waals surface area contributed by atoms with E-state index >= 15 is 0 Å². The first-order chi connectivity index (χ1) is 34.7. The number of hydrogen-bond acceptors (Lipinski definition) is 7. The normalized spacial score (nSPS) is 22.2. The van der Waals surface area contributed by atoms with E-state index in [9.17, 15) is 8.78 Å². The molecule has 21 heteroatoms. The number of nitrogens with zero attached hydrogens (tertiary/aromatic N) is 2. The summed E-state index contributed by atoms with van der Waals surface area (Å²) in [5, 5.41) is 1.57. The number of aryl methyl sites for hydroxylation is 1. The molecule has 6 heterocycles. The number of ether oxygens (including phenoxy) is 2. The minimum Gasteiger partial charge on any atom is -0.813 e. The van der Waals surface area contributed by atoms with Crippen molar-refractivity contribution in [2.24, 2.45) is 35.5 Å². The van der Waals surface area contributed by atoms with Crippen LogP contribution in [-0.2, 0) is 50.2 Å². The number of aromatic nitrogens is 2. The molecule has 2 saturated heterocycles. The number of rotatable bonds is 9. The Labute approximate surface area is 645 Å². The van der Waals surface area contributed by atoms with Gasteiger partial charge in [0.2, 0.25) is 11.9 Å². The van der Waals surface area contributed by atoms with Crippen molar-refractivity contribution in [2.75, 3.05) is 0 Å². The average Bonchev–Trinajstić information content (AvgIpc) is 4.05. The predicted molar refractivity (Wildman–Crippen MR) is 370 cm³/mol. The zero-order valence-electron chi connectivity index (χ0n) is 45.2. The van der Waals surface area contributed by atoms with Crippen LogP contribution in [0.3, 0.4) is 0 Å². The number of hydrogen-bond donors (Lipinski definition) is 0. The first-order valence-corrected chi connectivity index (χ1v) is 50.4.